The second kappa shape index (κ2) is 8.63. The second-order valence-electron chi connectivity index (χ2n) is 7.22. The van der Waals surface area contributed by atoms with Crippen molar-refractivity contribution < 1.29 is 9.90 Å². The number of amides is 1. The number of aliphatic hydroxyl groups is 1. The van der Waals surface area contributed by atoms with Crippen LogP contribution in [-0.4, -0.2) is 32.3 Å². The van der Waals surface area contributed by atoms with Gasteiger partial charge in [-0.2, -0.15) is 5.26 Å². The zero-order chi connectivity index (χ0) is 20.1. The molecule has 2 N–H and O–H groups in total. The molecular formula is C20H23ClN4O3. The van der Waals surface area contributed by atoms with Crippen LogP contribution in [0.2, 0.25) is 5.02 Å². The number of imidazole rings is 1. The molecule has 0 atom stereocenters. The molecule has 8 heteroatoms. The van der Waals surface area contributed by atoms with Gasteiger partial charge < -0.3 is 10.4 Å². The number of carbonyl (C=O) groups excluding carboxylic acids is 1. The van der Waals surface area contributed by atoms with E-state index in [1.807, 2.05) is 6.07 Å². The van der Waals surface area contributed by atoms with Crippen molar-refractivity contribution in [1.82, 2.24) is 14.5 Å². The fraction of sp³-hybridized carbons (Fsp3) is 0.450. The van der Waals surface area contributed by atoms with E-state index in [1.165, 1.54) is 21.4 Å². The summed E-state index contributed by atoms with van der Waals surface area (Å²) in [4.78, 5) is 25.0. The minimum atomic E-state index is -0.887. The third-order valence-electron chi connectivity index (χ3n) is 5.17. The first-order valence-electron chi connectivity index (χ1n) is 9.39. The lowest BCUT2D eigenvalue weighted by atomic mass is 9.94. The summed E-state index contributed by atoms with van der Waals surface area (Å²) in [5, 5.41) is 22.5. The van der Waals surface area contributed by atoms with Gasteiger partial charge in [0.15, 0.2) is 0 Å². The molecule has 0 unspecified atom stereocenters. The van der Waals surface area contributed by atoms with Crippen molar-refractivity contribution in [2.75, 3.05) is 6.54 Å². The van der Waals surface area contributed by atoms with Crippen LogP contribution in [0.4, 0.5) is 0 Å². The van der Waals surface area contributed by atoms with Crippen LogP contribution in [0.5, 0.6) is 0 Å². The average molecular weight is 403 g/mol. The zero-order valence-electron chi connectivity index (χ0n) is 15.5. The molecule has 1 fully saturated rings. The number of nitriles is 1. The molecule has 1 aliphatic carbocycles. The van der Waals surface area contributed by atoms with Gasteiger partial charge in [0.05, 0.1) is 27.9 Å². The van der Waals surface area contributed by atoms with E-state index in [4.69, 9.17) is 16.9 Å². The molecule has 0 bridgehead atoms. The van der Waals surface area contributed by atoms with Gasteiger partial charge in [-0.15, -0.1) is 0 Å². The number of halogens is 1. The molecule has 3 rings (SSSR count). The van der Waals surface area contributed by atoms with E-state index in [0.717, 1.165) is 25.7 Å². The standard InChI is InChI=1S/C20H23ClN4O3/c21-17-6-5-15(25-12-11-24(10-9-22)19(25)27)13-16(17)18(26)23-14-20(28)7-3-1-2-4-8-20/h5-6,11-13,28H,1-4,7-8,10,14H2,(H,23,26). The smallest absolute Gasteiger partial charge is 0.333 e. The van der Waals surface area contributed by atoms with Gasteiger partial charge in [-0.3, -0.25) is 13.9 Å². The van der Waals surface area contributed by atoms with Crippen LogP contribution in [0.25, 0.3) is 5.69 Å². The molecule has 0 saturated heterocycles. The summed E-state index contributed by atoms with van der Waals surface area (Å²) in [5.41, 5.74) is -0.550. The monoisotopic (exact) mass is 402 g/mol. The third kappa shape index (κ3) is 4.46. The minimum Gasteiger partial charge on any atom is -0.388 e. The Morgan fingerprint density at radius 1 is 1.25 bits per heavy atom. The van der Waals surface area contributed by atoms with Gasteiger partial charge in [0.1, 0.15) is 6.54 Å². The molecule has 1 aliphatic rings. The molecule has 1 amide bonds. The van der Waals surface area contributed by atoms with E-state index in [-0.39, 0.29) is 29.4 Å². The molecule has 148 valence electrons. The SMILES string of the molecule is N#CCn1ccn(-c2ccc(Cl)c(C(=O)NCC3(O)CCCCCC3)c2)c1=O. The number of carbonyl (C=O) groups is 1. The van der Waals surface area contributed by atoms with E-state index >= 15 is 0 Å². The van der Waals surface area contributed by atoms with Crippen molar-refractivity contribution in [3.05, 3.63) is 51.7 Å². The number of nitrogens with one attached hydrogen (secondary N) is 1. The fourth-order valence-corrected chi connectivity index (χ4v) is 3.75. The van der Waals surface area contributed by atoms with E-state index in [0.29, 0.717) is 18.5 Å². The topological polar surface area (TPSA) is 100 Å². The molecular weight excluding hydrogens is 380 g/mol. The number of hydrogen-bond donors (Lipinski definition) is 2. The van der Waals surface area contributed by atoms with E-state index in [2.05, 4.69) is 5.32 Å². The lowest BCUT2D eigenvalue weighted by molar-refractivity contribution is 0.0246. The molecule has 0 spiro atoms. The third-order valence-corrected chi connectivity index (χ3v) is 5.50. The highest BCUT2D eigenvalue weighted by Crippen LogP contribution is 2.27. The average Bonchev–Trinajstić information content (AvgIpc) is 2.89. The Morgan fingerprint density at radius 2 is 1.96 bits per heavy atom. The van der Waals surface area contributed by atoms with Crippen LogP contribution in [0.15, 0.2) is 35.4 Å². The summed E-state index contributed by atoms with van der Waals surface area (Å²) in [5.74, 6) is -0.394. The number of rotatable bonds is 5. The Balaban J connectivity index is 1.78. The Labute approximate surface area is 168 Å². The first-order chi connectivity index (χ1) is 13.4. The predicted octanol–water partition coefficient (Wildman–Crippen LogP) is 2.63. The highest BCUT2D eigenvalue weighted by Gasteiger charge is 2.28. The van der Waals surface area contributed by atoms with Crippen LogP contribution in [0.3, 0.4) is 0 Å². The molecule has 0 radical (unpaired) electrons. The maximum atomic E-state index is 12.7. The summed E-state index contributed by atoms with van der Waals surface area (Å²) < 4.78 is 2.62. The summed E-state index contributed by atoms with van der Waals surface area (Å²) in [6, 6.07) is 6.65. The first kappa shape index (κ1) is 20.2. The number of aromatic nitrogens is 2. The normalized spacial score (nSPS) is 16.2. The molecule has 1 saturated carbocycles. The molecule has 2 aromatic rings. The van der Waals surface area contributed by atoms with Crippen LogP contribution in [-0.2, 0) is 6.54 Å². The Kier molecular flexibility index (Phi) is 6.22. The van der Waals surface area contributed by atoms with Crippen molar-refractivity contribution >= 4 is 17.5 Å². The number of benzene rings is 1. The van der Waals surface area contributed by atoms with Gasteiger partial charge in [0.2, 0.25) is 0 Å². The van der Waals surface area contributed by atoms with Crippen molar-refractivity contribution in [2.24, 2.45) is 0 Å². The van der Waals surface area contributed by atoms with Crippen molar-refractivity contribution in [3.63, 3.8) is 0 Å². The number of hydrogen-bond acceptors (Lipinski definition) is 4. The fourth-order valence-electron chi connectivity index (χ4n) is 3.55. The highest BCUT2D eigenvalue weighted by molar-refractivity contribution is 6.33. The van der Waals surface area contributed by atoms with Crippen LogP contribution >= 0.6 is 11.6 Å². The van der Waals surface area contributed by atoms with Crippen molar-refractivity contribution in [3.8, 4) is 11.8 Å². The van der Waals surface area contributed by atoms with Gasteiger partial charge in [-0.05, 0) is 31.0 Å². The van der Waals surface area contributed by atoms with Crippen LogP contribution in [0.1, 0.15) is 48.9 Å². The van der Waals surface area contributed by atoms with Crippen LogP contribution in [0, 0.1) is 11.3 Å². The summed E-state index contributed by atoms with van der Waals surface area (Å²) in [6.07, 6.45) is 8.50. The molecule has 1 heterocycles. The molecule has 28 heavy (non-hydrogen) atoms. The maximum Gasteiger partial charge on any atom is 0.333 e. The van der Waals surface area contributed by atoms with Crippen molar-refractivity contribution in [1.29, 1.82) is 5.26 Å². The first-order valence-corrected chi connectivity index (χ1v) is 9.76. The number of nitrogens with zero attached hydrogens (tertiary/aromatic N) is 3. The van der Waals surface area contributed by atoms with Gasteiger partial charge >= 0.3 is 5.69 Å². The lowest BCUT2D eigenvalue weighted by Gasteiger charge is -2.26. The van der Waals surface area contributed by atoms with Gasteiger partial charge in [0, 0.05) is 18.9 Å². The molecule has 0 aliphatic heterocycles. The predicted molar refractivity (Wildman–Crippen MR) is 106 cm³/mol. The Bertz CT molecular complexity index is 949. The molecule has 1 aromatic heterocycles. The Morgan fingerprint density at radius 3 is 2.64 bits per heavy atom. The summed E-state index contributed by atoms with van der Waals surface area (Å²) in [6.45, 7) is 0.121. The minimum absolute atomic E-state index is 0.0502. The second-order valence-corrected chi connectivity index (χ2v) is 7.63. The molecule has 1 aromatic carbocycles. The molecule has 7 nitrogen and oxygen atoms in total. The summed E-state index contributed by atoms with van der Waals surface area (Å²) >= 11 is 6.20. The van der Waals surface area contributed by atoms with Gasteiger partial charge in [0.25, 0.3) is 5.91 Å². The highest BCUT2D eigenvalue weighted by atomic mass is 35.5. The zero-order valence-corrected chi connectivity index (χ0v) is 16.3. The van der Waals surface area contributed by atoms with Crippen molar-refractivity contribution in [2.45, 2.75) is 50.7 Å². The lowest BCUT2D eigenvalue weighted by Crippen LogP contribution is -2.42. The van der Waals surface area contributed by atoms with E-state index in [1.54, 1.807) is 18.3 Å². The quantitative estimate of drug-likeness (QED) is 0.751. The largest absolute Gasteiger partial charge is 0.388 e. The van der Waals surface area contributed by atoms with Gasteiger partial charge in [-0.25, -0.2) is 4.79 Å². The van der Waals surface area contributed by atoms with Crippen LogP contribution < -0.4 is 11.0 Å². The van der Waals surface area contributed by atoms with E-state index in [9.17, 15) is 14.7 Å². The Hall–Kier alpha value is -2.56. The van der Waals surface area contributed by atoms with Gasteiger partial charge in [-0.1, -0.05) is 37.3 Å². The summed E-state index contributed by atoms with van der Waals surface area (Å²) in [7, 11) is 0. The maximum absolute atomic E-state index is 12.7. The van der Waals surface area contributed by atoms with E-state index < -0.39 is 11.5 Å².